The van der Waals surface area contributed by atoms with Crippen LogP contribution in [0, 0.1) is 0 Å². The van der Waals surface area contributed by atoms with Crippen molar-refractivity contribution in [2.24, 2.45) is 0 Å². The third-order valence-corrected chi connectivity index (χ3v) is 4.96. The minimum atomic E-state index is 0.528. The predicted octanol–water partition coefficient (Wildman–Crippen LogP) is 5.80. The van der Waals surface area contributed by atoms with Gasteiger partial charge in [0.25, 0.3) is 0 Å². The van der Waals surface area contributed by atoms with Crippen LogP contribution >= 0.6 is 24.0 Å². The molecule has 26 heavy (non-hydrogen) atoms. The van der Waals surface area contributed by atoms with Crippen LogP contribution in [0.25, 0.3) is 0 Å². The van der Waals surface area contributed by atoms with Crippen molar-refractivity contribution >= 4 is 40.5 Å². The molecular weight excluding hydrogens is 360 g/mol. The quantitative estimate of drug-likeness (QED) is 0.417. The third kappa shape index (κ3) is 5.25. The van der Waals surface area contributed by atoms with Crippen LogP contribution in [0.15, 0.2) is 83.8 Å². The van der Waals surface area contributed by atoms with E-state index in [1.807, 2.05) is 42.5 Å². The fourth-order valence-corrected chi connectivity index (χ4v) is 3.58. The van der Waals surface area contributed by atoms with Crippen LogP contribution in [0.2, 0.25) is 0 Å². The molecule has 2 N–H and O–H groups in total. The molecule has 0 saturated carbocycles. The molecule has 5 heteroatoms. The molecule has 0 fully saturated rings. The van der Waals surface area contributed by atoms with Gasteiger partial charge in [-0.05, 0) is 48.1 Å². The Morgan fingerprint density at radius 1 is 0.923 bits per heavy atom. The van der Waals surface area contributed by atoms with Gasteiger partial charge in [-0.25, -0.2) is 0 Å². The van der Waals surface area contributed by atoms with Gasteiger partial charge in [-0.3, -0.25) is 0 Å². The first kappa shape index (κ1) is 18.3. The van der Waals surface area contributed by atoms with Crippen molar-refractivity contribution in [1.29, 1.82) is 0 Å². The Hall–Kier alpha value is -2.50. The molecule has 0 atom stereocenters. The van der Waals surface area contributed by atoms with E-state index in [4.69, 9.17) is 17.0 Å². The average Bonchev–Trinajstić information content (AvgIpc) is 2.68. The van der Waals surface area contributed by atoms with Crippen LogP contribution in [-0.2, 0) is 5.75 Å². The van der Waals surface area contributed by atoms with Crippen LogP contribution in [-0.4, -0.2) is 12.2 Å². The van der Waals surface area contributed by atoms with E-state index in [1.165, 1.54) is 10.5 Å². The lowest BCUT2D eigenvalue weighted by molar-refractivity contribution is 0.417. The maximum atomic E-state index is 5.43. The first-order valence-electron chi connectivity index (χ1n) is 8.22. The lowest BCUT2D eigenvalue weighted by Gasteiger charge is -2.13. The van der Waals surface area contributed by atoms with Gasteiger partial charge in [0.2, 0.25) is 0 Å². The largest absolute Gasteiger partial charge is 0.495 e. The van der Waals surface area contributed by atoms with Crippen LogP contribution in [0.5, 0.6) is 5.75 Å². The van der Waals surface area contributed by atoms with E-state index in [0.717, 1.165) is 22.9 Å². The van der Waals surface area contributed by atoms with E-state index >= 15 is 0 Å². The van der Waals surface area contributed by atoms with E-state index in [2.05, 4.69) is 47.0 Å². The van der Waals surface area contributed by atoms with E-state index in [1.54, 1.807) is 18.9 Å². The highest BCUT2D eigenvalue weighted by atomic mass is 32.2. The Kier molecular flexibility index (Phi) is 6.52. The summed E-state index contributed by atoms with van der Waals surface area (Å²) in [5.74, 6) is 1.69. The highest BCUT2D eigenvalue weighted by Gasteiger charge is 2.05. The van der Waals surface area contributed by atoms with Crippen molar-refractivity contribution in [2.75, 3.05) is 17.7 Å². The Bertz CT molecular complexity index is 869. The van der Waals surface area contributed by atoms with Crippen molar-refractivity contribution in [1.82, 2.24) is 0 Å². The third-order valence-electron chi connectivity index (χ3n) is 3.70. The number of para-hydroxylation sites is 2. The molecule has 0 aliphatic rings. The van der Waals surface area contributed by atoms with Crippen LogP contribution in [0.1, 0.15) is 5.56 Å². The molecule has 3 rings (SSSR count). The second-order valence-corrected chi connectivity index (χ2v) is 7.04. The first-order valence-corrected chi connectivity index (χ1v) is 9.62. The lowest BCUT2D eigenvalue weighted by Crippen LogP contribution is -2.19. The van der Waals surface area contributed by atoms with Crippen molar-refractivity contribution in [3.63, 3.8) is 0 Å². The van der Waals surface area contributed by atoms with Crippen molar-refractivity contribution < 1.29 is 4.74 Å². The molecule has 0 bridgehead atoms. The number of nitrogens with one attached hydrogen (secondary N) is 2. The first-order chi connectivity index (χ1) is 12.7. The van der Waals surface area contributed by atoms with Crippen molar-refractivity contribution in [3.05, 3.63) is 84.4 Å². The standard InChI is InChI=1S/C21H20N2OS2/c1-24-20-13-6-5-12-19(20)23-21(25)22-17-10-7-11-18(14-17)26-15-16-8-3-2-4-9-16/h2-14H,15H2,1H3,(H2,22,23,25). The zero-order chi connectivity index (χ0) is 18.2. The highest BCUT2D eigenvalue weighted by molar-refractivity contribution is 7.98. The van der Waals surface area contributed by atoms with Crippen LogP contribution < -0.4 is 15.4 Å². The molecule has 132 valence electrons. The summed E-state index contributed by atoms with van der Waals surface area (Å²) >= 11 is 7.23. The summed E-state index contributed by atoms with van der Waals surface area (Å²) < 4.78 is 5.34. The van der Waals surface area contributed by atoms with Crippen LogP contribution in [0.3, 0.4) is 0 Å². The highest BCUT2D eigenvalue weighted by Crippen LogP contribution is 2.26. The number of hydrogen-bond donors (Lipinski definition) is 2. The minimum Gasteiger partial charge on any atom is -0.495 e. The summed E-state index contributed by atoms with van der Waals surface area (Å²) in [6, 6.07) is 26.4. The number of methoxy groups -OCH3 is 1. The van der Waals surface area contributed by atoms with Gasteiger partial charge in [0.05, 0.1) is 12.8 Å². The van der Waals surface area contributed by atoms with E-state index in [-0.39, 0.29) is 0 Å². The molecule has 0 spiro atoms. The van der Waals surface area contributed by atoms with Crippen molar-refractivity contribution in [3.8, 4) is 5.75 Å². The molecule has 0 heterocycles. The molecule has 3 aromatic rings. The summed E-state index contributed by atoms with van der Waals surface area (Å²) in [7, 11) is 1.64. The summed E-state index contributed by atoms with van der Waals surface area (Å²) in [5.41, 5.74) is 3.10. The van der Waals surface area contributed by atoms with E-state index < -0.39 is 0 Å². The van der Waals surface area contributed by atoms with Gasteiger partial charge >= 0.3 is 0 Å². The van der Waals surface area contributed by atoms with Gasteiger partial charge in [-0.15, -0.1) is 11.8 Å². The Morgan fingerprint density at radius 2 is 1.69 bits per heavy atom. The Labute approximate surface area is 163 Å². The molecule has 3 nitrogen and oxygen atoms in total. The predicted molar refractivity (Wildman–Crippen MR) is 115 cm³/mol. The van der Waals surface area contributed by atoms with Gasteiger partial charge in [-0.1, -0.05) is 48.5 Å². The normalized spacial score (nSPS) is 10.2. The number of benzene rings is 3. The van der Waals surface area contributed by atoms with Crippen LogP contribution in [0.4, 0.5) is 11.4 Å². The van der Waals surface area contributed by atoms with E-state index in [9.17, 15) is 0 Å². The van der Waals surface area contributed by atoms with Gasteiger partial charge < -0.3 is 15.4 Å². The molecule has 3 aromatic carbocycles. The number of thiocarbonyl (C=S) groups is 1. The van der Waals surface area contributed by atoms with Gasteiger partial charge in [-0.2, -0.15) is 0 Å². The fourth-order valence-electron chi connectivity index (χ4n) is 2.44. The number of anilines is 2. The maximum Gasteiger partial charge on any atom is 0.175 e. The molecular formula is C21H20N2OS2. The zero-order valence-electron chi connectivity index (χ0n) is 14.4. The SMILES string of the molecule is COc1ccccc1NC(=S)Nc1cccc(SCc2ccccc2)c1. The number of rotatable bonds is 6. The fraction of sp³-hybridized carbons (Fsp3) is 0.0952. The second kappa shape index (κ2) is 9.27. The zero-order valence-corrected chi connectivity index (χ0v) is 16.1. The summed E-state index contributed by atoms with van der Waals surface area (Å²) in [6.07, 6.45) is 0. The van der Waals surface area contributed by atoms with Gasteiger partial charge in [0.15, 0.2) is 5.11 Å². The molecule has 0 aromatic heterocycles. The topological polar surface area (TPSA) is 33.3 Å². The summed E-state index contributed by atoms with van der Waals surface area (Å²) in [4.78, 5) is 1.19. The van der Waals surface area contributed by atoms with Crippen molar-refractivity contribution in [2.45, 2.75) is 10.6 Å². The second-order valence-electron chi connectivity index (χ2n) is 5.58. The summed E-state index contributed by atoms with van der Waals surface area (Å²) in [6.45, 7) is 0. The monoisotopic (exact) mass is 380 g/mol. The number of ether oxygens (including phenoxy) is 1. The summed E-state index contributed by atoms with van der Waals surface area (Å²) in [5, 5.41) is 6.94. The molecule has 0 aliphatic carbocycles. The average molecular weight is 381 g/mol. The number of thioether (sulfide) groups is 1. The van der Waals surface area contributed by atoms with Gasteiger partial charge in [0.1, 0.15) is 5.75 Å². The molecule has 0 unspecified atom stereocenters. The lowest BCUT2D eigenvalue weighted by atomic mass is 10.2. The Balaban J connectivity index is 1.60. The Morgan fingerprint density at radius 3 is 2.50 bits per heavy atom. The maximum absolute atomic E-state index is 5.43. The molecule has 0 aliphatic heterocycles. The molecule has 0 amide bonds. The smallest absolute Gasteiger partial charge is 0.175 e. The number of hydrogen-bond acceptors (Lipinski definition) is 3. The van der Waals surface area contributed by atoms with E-state index in [0.29, 0.717) is 5.11 Å². The molecule has 0 saturated heterocycles. The minimum absolute atomic E-state index is 0.528. The molecule has 0 radical (unpaired) electrons. The van der Waals surface area contributed by atoms with Gasteiger partial charge in [0, 0.05) is 16.3 Å².